The summed E-state index contributed by atoms with van der Waals surface area (Å²) in [7, 11) is 0. The summed E-state index contributed by atoms with van der Waals surface area (Å²) in [5, 5.41) is 18.7. The molecule has 1 aromatic rings. The number of para-hydroxylation sites is 1. The summed E-state index contributed by atoms with van der Waals surface area (Å²) in [6.45, 7) is 0. The minimum absolute atomic E-state index is 0.106. The van der Waals surface area contributed by atoms with E-state index in [9.17, 15) is 5.11 Å². The van der Waals surface area contributed by atoms with Crippen molar-refractivity contribution in [2.45, 2.75) is 29.3 Å². The molecule has 0 radical (unpaired) electrons. The first-order valence-electron chi connectivity index (χ1n) is 6.21. The molecule has 0 amide bonds. The number of nitriles is 1. The number of rotatable bonds is 2. The Morgan fingerprint density at radius 2 is 2.00 bits per heavy atom. The van der Waals surface area contributed by atoms with Crippen LogP contribution in [0.5, 0.6) is 5.75 Å². The van der Waals surface area contributed by atoms with Crippen LogP contribution in [0.3, 0.4) is 0 Å². The molecule has 0 heterocycles. The second-order valence-electron chi connectivity index (χ2n) is 4.66. The molecule has 4 nitrogen and oxygen atoms in total. The smallest absolute Gasteiger partial charge is 0.208 e. The molecule has 1 fully saturated rings. The van der Waals surface area contributed by atoms with Crippen molar-refractivity contribution in [3.63, 3.8) is 0 Å². The van der Waals surface area contributed by atoms with Crippen molar-refractivity contribution in [2.24, 2.45) is 10.9 Å². The van der Waals surface area contributed by atoms with Gasteiger partial charge in [-0.15, -0.1) is 4.99 Å². The third kappa shape index (κ3) is 4.18. The van der Waals surface area contributed by atoms with Gasteiger partial charge in [-0.2, -0.15) is 5.26 Å². The maximum absolute atomic E-state index is 9.93. The Morgan fingerprint density at radius 3 is 2.58 bits per heavy atom. The first kappa shape index (κ1) is 14.3. The van der Waals surface area contributed by atoms with Gasteiger partial charge in [0.05, 0.1) is 0 Å². The molecule has 0 aromatic heterocycles. The molecule has 0 atom stereocenters. The fourth-order valence-corrected chi connectivity index (χ4v) is 2.79. The fraction of sp³-hybridized carbons (Fsp3) is 0.429. The Kier molecular flexibility index (Phi) is 4.77. The molecule has 5 heteroatoms. The van der Waals surface area contributed by atoms with Gasteiger partial charge in [0.2, 0.25) is 12.1 Å². The topological polar surface area (TPSA) is 65.6 Å². The van der Waals surface area contributed by atoms with Crippen LogP contribution in [0, 0.1) is 17.4 Å². The number of aliphatic hydroxyl groups is 1. The quantitative estimate of drug-likeness (QED) is 0.286. The minimum atomic E-state index is -0.626. The average molecular weight is 370 g/mol. The molecule has 0 aliphatic heterocycles. The summed E-state index contributed by atoms with van der Waals surface area (Å²) in [5.41, 5.74) is 0. The van der Waals surface area contributed by atoms with Crippen LogP contribution in [0.25, 0.3) is 0 Å². The Hall–Kier alpha value is -1.13. The van der Waals surface area contributed by atoms with Gasteiger partial charge in [-0.3, -0.25) is 0 Å². The lowest BCUT2D eigenvalue weighted by atomic mass is 9.87. The number of alkyl halides is 1. The molecule has 1 aliphatic rings. The van der Waals surface area contributed by atoms with Gasteiger partial charge in [-0.25, -0.2) is 0 Å². The number of ether oxygens (including phenoxy) is 1. The summed E-state index contributed by atoms with van der Waals surface area (Å²) in [4.78, 5) is 3.81. The van der Waals surface area contributed by atoms with Crippen molar-refractivity contribution in [3.8, 4) is 11.9 Å². The van der Waals surface area contributed by atoms with E-state index in [0.717, 1.165) is 12.8 Å². The largest absolute Gasteiger partial charge is 0.442 e. The molecule has 2 rings (SSSR count). The average Bonchev–Trinajstić information content (AvgIpc) is 2.39. The van der Waals surface area contributed by atoms with Gasteiger partial charge in [0, 0.05) is 5.92 Å². The van der Waals surface area contributed by atoms with E-state index >= 15 is 0 Å². The molecule has 100 valence electrons. The fourth-order valence-electron chi connectivity index (χ4n) is 2.16. The Labute approximate surface area is 126 Å². The Morgan fingerprint density at radius 1 is 1.37 bits per heavy atom. The van der Waals surface area contributed by atoms with E-state index in [4.69, 9.17) is 10.00 Å². The number of hydrogen-bond donors (Lipinski definition) is 1. The van der Waals surface area contributed by atoms with Gasteiger partial charge in [-0.1, -0.05) is 18.2 Å². The zero-order chi connectivity index (χ0) is 13.7. The van der Waals surface area contributed by atoms with Gasteiger partial charge in [0.15, 0.2) is 0 Å². The summed E-state index contributed by atoms with van der Waals surface area (Å²) in [6, 6.07) is 9.34. The lowest BCUT2D eigenvalue weighted by Crippen LogP contribution is -2.32. The van der Waals surface area contributed by atoms with E-state index < -0.39 is 3.61 Å². The summed E-state index contributed by atoms with van der Waals surface area (Å²) in [6.07, 6.45) is 4.76. The van der Waals surface area contributed by atoms with Crippen molar-refractivity contribution < 1.29 is 9.84 Å². The maximum Gasteiger partial charge on any atom is 0.208 e. The first-order valence-corrected chi connectivity index (χ1v) is 7.29. The van der Waals surface area contributed by atoms with Crippen LogP contribution in [0.15, 0.2) is 35.3 Å². The predicted octanol–water partition coefficient (Wildman–Crippen LogP) is 3.26. The molecule has 0 spiro atoms. The van der Waals surface area contributed by atoms with E-state index in [-0.39, 0.29) is 5.92 Å². The first-order chi connectivity index (χ1) is 9.11. The van der Waals surface area contributed by atoms with Gasteiger partial charge in [0.1, 0.15) is 9.36 Å². The normalized spacial score (nSPS) is 27.6. The van der Waals surface area contributed by atoms with E-state index in [1.165, 1.54) is 0 Å². The second kappa shape index (κ2) is 6.35. The van der Waals surface area contributed by atoms with Crippen molar-refractivity contribution >= 4 is 28.5 Å². The molecule has 0 saturated heterocycles. The van der Waals surface area contributed by atoms with Crippen molar-refractivity contribution in [2.75, 3.05) is 0 Å². The summed E-state index contributed by atoms with van der Waals surface area (Å²) < 4.78 is 5.08. The third-order valence-electron chi connectivity index (χ3n) is 3.23. The van der Waals surface area contributed by atoms with E-state index in [1.807, 2.05) is 30.3 Å². The Balaban J connectivity index is 2.06. The van der Waals surface area contributed by atoms with Gasteiger partial charge >= 0.3 is 0 Å². The number of benzene rings is 1. The van der Waals surface area contributed by atoms with Crippen LogP contribution in [-0.4, -0.2) is 14.6 Å². The zero-order valence-electron chi connectivity index (χ0n) is 10.4. The Bertz CT molecular complexity index is 484. The highest BCUT2D eigenvalue weighted by atomic mass is 127. The maximum atomic E-state index is 9.93. The number of nitrogens with zero attached hydrogens (tertiary/aromatic N) is 2. The lowest BCUT2D eigenvalue weighted by molar-refractivity contribution is 0.101. The minimum Gasteiger partial charge on any atom is -0.442 e. The molecule has 1 N–H and O–H groups in total. The standard InChI is InChI=1S/C14H15IN2O2/c15-14(18)8-6-11(7-9-14)13(17-10-16)19-12-4-2-1-3-5-12/h1-5,11,18H,6-9H2. The SMILES string of the molecule is N#CN=C(Oc1ccccc1)C1CCC(O)(I)CC1. The number of aliphatic imine (C=N–C) groups is 1. The molecule has 1 aromatic carbocycles. The van der Waals surface area contributed by atoms with Crippen LogP contribution in [0.1, 0.15) is 25.7 Å². The predicted molar refractivity (Wildman–Crippen MR) is 81.0 cm³/mol. The van der Waals surface area contributed by atoms with Crippen molar-refractivity contribution in [1.82, 2.24) is 0 Å². The van der Waals surface area contributed by atoms with Crippen LogP contribution >= 0.6 is 22.6 Å². The summed E-state index contributed by atoms with van der Waals surface area (Å²) in [5.74, 6) is 1.25. The van der Waals surface area contributed by atoms with E-state index in [2.05, 4.69) is 27.6 Å². The molecular formula is C14H15IN2O2. The van der Waals surface area contributed by atoms with Crippen LogP contribution in [0.2, 0.25) is 0 Å². The van der Waals surface area contributed by atoms with E-state index in [0.29, 0.717) is 24.5 Å². The zero-order valence-corrected chi connectivity index (χ0v) is 12.6. The highest BCUT2D eigenvalue weighted by Crippen LogP contribution is 2.37. The van der Waals surface area contributed by atoms with Gasteiger partial charge in [-0.05, 0) is 60.4 Å². The van der Waals surface area contributed by atoms with Crippen molar-refractivity contribution in [1.29, 1.82) is 5.26 Å². The third-order valence-corrected chi connectivity index (χ3v) is 4.31. The highest BCUT2D eigenvalue weighted by Gasteiger charge is 2.33. The lowest BCUT2D eigenvalue weighted by Gasteiger charge is -2.31. The monoisotopic (exact) mass is 370 g/mol. The molecule has 19 heavy (non-hydrogen) atoms. The molecule has 1 aliphatic carbocycles. The van der Waals surface area contributed by atoms with Crippen LogP contribution in [0.4, 0.5) is 0 Å². The van der Waals surface area contributed by atoms with Gasteiger partial charge in [0.25, 0.3) is 0 Å². The highest BCUT2D eigenvalue weighted by molar-refractivity contribution is 14.1. The van der Waals surface area contributed by atoms with Crippen LogP contribution in [-0.2, 0) is 0 Å². The molecule has 0 unspecified atom stereocenters. The van der Waals surface area contributed by atoms with E-state index in [1.54, 1.807) is 6.19 Å². The van der Waals surface area contributed by atoms with Gasteiger partial charge < -0.3 is 9.84 Å². The van der Waals surface area contributed by atoms with Crippen molar-refractivity contribution in [3.05, 3.63) is 30.3 Å². The number of hydrogen-bond acceptors (Lipinski definition) is 4. The second-order valence-corrected chi connectivity index (χ2v) is 6.67. The number of halogens is 1. The summed E-state index contributed by atoms with van der Waals surface area (Å²) >= 11 is 2.08. The molecule has 1 saturated carbocycles. The molecule has 0 bridgehead atoms. The van der Waals surface area contributed by atoms with Crippen LogP contribution < -0.4 is 4.74 Å². The molecular weight excluding hydrogens is 355 g/mol.